The Morgan fingerprint density at radius 1 is 0.767 bits per heavy atom. The highest BCUT2D eigenvalue weighted by molar-refractivity contribution is 6.30. The summed E-state index contributed by atoms with van der Waals surface area (Å²) < 4.78 is 23.6. The van der Waals surface area contributed by atoms with Crippen LogP contribution in [0.4, 0.5) is 4.39 Å². The first-order valence-electron chi connectivity index (χ1n) is 9.43. The van der Waals surface area contributed by atoms with Crippen molar-refractivity contribution in [3.63, 3.8) is 0 Å². The van der Waals surface area contributed by atoms with Crippen molar-refractivity contribution >= 4 is 17.5 Å². The third kappa shape index (κ3) is 3.72. The van der Waals surface area contributed by atoms with Crippen LogP contribution in [0.2, 0.25) is 0 Å². The van der Waals surface area contributed by atoms with Crippen LogP contribution < -0.4 is 4.74 Å². The molecule has 0 fully saturated rings. The first-order chi connectivity index (χ1) is 14.6. The van der Waals surface area contributed by atoms with Crippen molar-refractivity contribution < 1.29 is 28.2 Å². The molecule has 0 spiro atoms. The summed E-state index contributed by atoms with van der Waals surface area (Å²) in [6.07, 6.45) is 0.411. The molecule has 3 aromatic rings. The van der Waals surface area contributed by atoms with E-state index in [0.717, 1.165) is 0 Å². The van der Waals surface area contributed by atoms with Gasteiger partial charge in [0, 0.05) is 28.7 Å². The van der Waals surface area contributed by atoms with Crippen LogP contribution in [0.1, 0.15) is 48.6 Å². The van der Waals surface area contributed by atoms with Gasteiger partial charge in [0.2, 0.25) is 0 Å². The molecule has 0 atom stereocenters. The fraction of sp³-hybridized carbons (Fsp3) is 0.125. The zero-order valence-corrected chi connectivity index (χ0v) is 15.9. The maximum Gasteiger partial charge on any atom is 0.338 e. The zero-order valence-electron chi connectivity index (χ0n) is 15.9. The van der Waals surface area contributed by atoms with Crippen LogP contribution in [0.15, 0.2) is 66.7 Å². The average Bonchev–Trinajstić information content (AvgIpc) is 2.78. The van der Waals surface area contributed by atoms with E-state index < -0.39 is 5.97 Å². The number of carbonyl (C=O) groups is 3. The van der Waals surface area contributed by atoms with Crippen LogP contribution in [0.5, 0.6) is 5.75 Å². The fourth-order valence-electron chi connectivity index (χ4n) is 3.34. The molecule has 3 aromatic carbocycles. The lowest BCUT2D eigenvalue weighted by molar-refractivity contribution is 0.0483. The minimum atomic E-state index is -0.672. The van der Waals surface area contributed by atoms with Crippen molar-refractivity contribution in [3.05, 3.63) is 100 Å². The summed E-state index contributed by atoms with van der Waals surface area (Å²) in [5.74, 6) is -1.16. The molecule has 0 radical (unpaired) electrons. The van der Waals surface area contributed by atoms with Gasteiger partial charge in [0.15, 0.2) is 11.6 Å². The third-order valence-electron chi connectivity index (χ3n) is 4.78. The lowest BCUT2D eigenvalue weighted by Gasteiger charge is -2.19. The van der Waals surface area contributed by atoms with Crippen molar-refractivity contribution in [1.29, 1.82) is 0 Å². The second-order valence-corrected chi connectivity index (χ2v) is 6.72. The molecule has 1 aliphatic carbocycles. The lowest BCUT2D eigenvalue weighted by Crippen LogP contribution is -2.24. The van der Waals surface area contributed by atoms with Crippen molar-refractivity contribution in [2.45, 2.75) is 6.42 Å². The molecular formula is C24H17FO5. The van der Waals surface area contributed by atoms with Gasteiger partial charge in [-0.05, 0) is 30.3 Å². The van der Waals surface area contributed by atoms with Gasteiger partial charge in [-0.3, -0.25) is 9.59 Å². The summed E-state index contributed by atoms with van der Waals surface area (Å²) >= 11 is 0. The highest BCUT2D eigenvalue weighted by atomic mass is 19.1. The van der Waals surface area contributed by atoms with Gasteiger partial charge in [-0.25, -0.2) is 9.18 Å². The Balaban J connectivity index is 1.42. The number of hydrogen-bond donors (Lipinski definition) is 0. The molecule has 0 aliphatic heterocycles. The second kappa shape index (κ2) is 8.29. The Morgan fingerprint density at radius 3 is 2.17 bits per heavy atom. The molecule has 0 amide bonds. The minimum Gasteiger partial charge on any atom is -0.493 e. The molecule has 4 rings (SSSR count). The molecule has 1 aliphatic rings. The SMILES string of the molecule is O=C(OCCCOc1ccc(F)cc1)c1cccc2c1C(=O)c1ccccc1C2=O. The number of halogens is 1. The highest BCUT2D eigenvalue weighted by Crippen LogP contribution is 2.29. The number of benzene rings is 3. The molecule has 30 heavy (non-hydrogen) atoms. The average molecular weight is 404 g/mol. The Labute approximate surface area is 172 Å². The van der Waals surface area contributed by atoms with Crippen molar-refractivity contribution in [2.24, 2.45) is 0 Å². The highest BCUT2D eigenvalue weighted by Gasteiger charge is 2.33. The van der Waals surface area contributed by atoms with Gasteiger partial charge < -0.3 is 9.47 Å². The first-order valence-corrected chi connectivity index (χ1v) is 9.43. The summed E-state index contributed by atoms with van der Waals surface area (Å²) in [6.45, 7) is 0.346. The van der Waals surface area contributed by atoms with E-state index in [4.69, 9.17) is 9.47 Å². The molecule has 0 N–H and O–H groups in total. The summed E-state index contributed by atoms with van der Waals surface area (Å²) in [4.78, 5) is 38.3. The lowest BCUT2D eigenvalue weighted by atomic mass is 9.82. The molecule has 0 heterocycles. The second-order valence-electron chi connectivity index (χ2n) is 6.72. The summed E-state index contributed by atoms with van der Waals surface area (Å²) in [5.41, 5.74) is 0.961. The van der Waals surface area contributed by atoms with Gasteiger partial charge in [-0.15, -0.1) is 0 Å². The molecule has 5 nitrogen and oxygen atoms in total. The molecule has 0 aromatic heterocycles. The standard InChI is InChI=1S/C24H17FO5/c25-15-9-11-16(12-10-15)29-13-4-14-30-24(28)20-8-3-7-19-21(20)23(27)18-6-2-1-5-17(18)22(19)26/h1-3,5-12H,4,13-14H2. The Bertz CT molecular complexity index is 1130. The summed E-state index contributed by atoms with van der Waals surface area (Å²) in [7, 11) is 0. The number of carbonyl (C=O) groups excluding carboxylic acids is 3. The van der Waals surface area contributed by atoms with E-state index in [2.05, 4.69) is 0 Å². The minimum absolute atomic E-state index is 0.0693. The molecular weight excluding hydrogens is 387 g/mol. The predicted molar refractivity (Wildman–Crippen MR) is 107 cm³/mol. The van der Waals surface area contributed by atoms with E-state index in [1.807, 2.05) is 0 Å². The van der Waals surface area contributed by atoms with Crippen molar-refractivity contribution in [2.75, 3.05) is 13.2 Å². The topological polar surface area (TPSA) is 69.7 Å². The number of ether oxygens (including phenoxy) is 2. The Morgan fingerprint density at radius 2 is 1.43 bits per heavy atom. The maximum atomic E-state index is 12.9. The van der Waals surface area contributed by atoms with E-state index in [-0.39, 0.29) is 52.9 Å². The zero-order chi connectivity index (χ0) is 21.1. The van der Waals surface area contributed by atoms with Gasteiger partial charge in [0.25, 0.3) is 0 Å². The van der Waals surface area contributed by atoms with Crippen LogP contribution in [0, 0.1) is 5.82 Å². The number of fused-ring (bicyclic) bond motifs is 2. The first kappa shape index (κ1) is 19.5. The molecule has 6 heteroatoms. The van der Waals surface area contributed by atoms with E-state index in [1.165, 1.54) is 30.3 Å². The summed E-state index contributed by atoms with van der Waals surface area (Å²) in [5, 5.41) is 0. The van der Waals surface area contributed by atoms with Crippen LogP contribution in [-0.4, -0.2) is 30.7 Å². The van der Waals surface area contributed by atoms with E-state index in [0.29, 0.717) is 17.7 Å². The van der Waals surface area contributed by atoms with Gasteiger partial charge in [0.05, 0.1) is 18.8 Å². The van der Waals surface area contributed by atoms with Crippen LogP contribution in [0.3, 0.4) is 0 Å². The smallest absolute Gasteiger partial charge is 0.338 e. The van der Waals surface area contributed by atoms with E-state index >= 15 is 0 Å². The number of hydrogen-bond acceptors (Lipinski definition) is 5. The van der Waals surface area contributed by atoms with E-state index in [1.54, 1.807) is 36.4 Å². The fourth-order valence-corrected chi connectivity index (χ4v) is 3.34. The van der Waals surface area contributed by atoms with Crippen molar-refractivity contribution in [1.82, 2.24) is 0 Å². The molecule has 0 saturated heterocycles. The van der Waals surface area contributed by atoms with Crippen LogP contribution >= 0.6 is 0 Å². The Kier molecular flexibility index (Phi) is 5.39. The van der Waals surface area contributed by atoms with Crippen molar-refractivity contribution in [3.8, 4) is 5.75 Å². The summed E-state index contributed by atoms with van der Waals surface area (Å²) in [6, 6.07) is 16.8. The number of ketones is 2. The van der Waals surface area contributed by atoms with Gasteiger partial charge in [0.1, 0.15) is 11.6 Å². The Hall–Kier alpha value is -3.80. The van der Waals surface area contributed by atoms with E-state index in [9.17, 15) is 18.8 Å². The quantitative estimate of drug-likeness (QED) is 0.355. The monoisotopic (exact) mass is 404 g/mol. The van der Waals surface area contributed by atoms with Gasteiger partial charge >= 0.3 is 5.97 Å². The molecule has 0 bridgehead atoms. The predicted octanol–water partition coefficient (Wildman–Crippen LogP) is 4.23. The van der Waals surface area contributed by atoms with Crippen LogP contribution in [0.25, 0.3) is 0 Å². The number of rotatable bonds is 6. The molecule has 0 saturated carbocycles. The van der Waals surface area contributed by atoms with Gasteiger partial charge in [-0.1, -0.05) is 36.4 Å². The van der Waals surface area contributed by atoms with Gasteiger partial charge in [-0.2, -0.15) is 0 Å². The largest absolute Gasteiger partial charge is 0.493 e. The normalized spacial score (nSPS) is 12.2. The third-order valence-corrected chi connectivity index (χ3v) is 4.78. The maximum absolute atomic E-state index is 12.9. The molecule has 0 unspecified atom stereocenters. The van der Waals surface area contributed by atoms with Crippen LogP contribution in [-0.2, 0) is 4.74 Å². The molecule has 150 valence electrons. The number of esters is 1.